The first-order valence-electron chi connectivity index (χ1n) is 7.68. The predicted molar refractivity (Wildman–Crippen MR) is 89.1 cm³/mol. The van der Waals surface area contributed by atoms with Crippen LogP contribution in [0.15, 0.2) is 0 Å². The van der Waals surface area contributed by atoms with Crippen LogP contribution in [-0.4, -0.2) is 61.6 Å². The number of sulfone groups is 1. The van der Waals surface area contributed by atoms with Crippen molar-refractivity contribution < 1.29 is 8.42 Å². The highest BCUT2D eigenvalue weighted by Gasteiger charge is 2.35. The van der Waals surface area contributed by atoms with E-state index in [9.17, 15) is 8.42 Å². The summed E-state index contributed by atoms with van der Waals surface area (Å²) in [4.78, 5) is 2.22. The van der Waals surface area contributed by atoms with E-state index in [0.717, 1.165) is 37.6 Å². The molecule has 1 aliphatic rings. The van der Waals surface area contributed by atoms with E-state index in [2.05, 4.69) is 31.0 Å². The molecule has 6 heteroatoms. The van der Waals surface area contributed by atoms with Gasteiger partial charge < -0.3 is 5.32 Å². The molecule has 0 aliphatic carbocycles. The number of thioether (sulfide) groups is 1. The molecule has 1 saturated heterocycles. The van der Waals surface area contributed by atoms with Gasteiger partial charge in [0.15, 0.2) is 9.84 Å². The maximum atomic E-state index is 12.3. The van der Waals surface area contributed by atoms with Crippen LogP contribution in [0.4, 0.5) is 0 Å². The Hall–Kier alpha value is 0.220. The van der Waals surface area contributed by atoms with Crippen molar-refractivity contribution in [3.8, 4) is 0 Å². The average molecular weight is 323 g/mol. The molecule has 1 rings (SSSR count). The minimum absolute atomic E-state index is 0.241. The highest BCUT2D eigenvalue weighted by Crippen LogP contribution is 2.24. The fraction of sp³-hybridized carbons (Fsp3) is 1.00. The van der Waals surface area contributed by atoms with Crippen LogP contribution in [0.5, 0.6) is 0 Å². The van der Waals surface area contributed by atoms with Crippen molar-refractivity contribution in [3.05, 3.63) is 0 Å². The maximum Gasteiger partial charge on any atom is 0.166 e. The zero-order chi connectivity index (χ0) is 15.2. The van der Waals surface area contributed by atoms with Crippen molar-refractivity contribution in [1.82, 2.24) is 10.2 Å². The Bertz CT molecular complexity index is 371. The topological polar surface area (TPSA) is 49.4 Å². The Morgan fingerprint density at radius 3 is 2.55 bits per heavy atom. The summed E-state index contributed by atoms with van der Waals surface area (Å²) in [6.07, 6.45) is 0.992. The zero-order valence-corrected chi connectivity index (χ0v) is 14.9. The van der Waals surface area contributed by atoms with Crippen molar-refractivity contribution in [2.24, 2.45) is 5.92 Å². The molecule has 0 aromatic heterocycles. The molecule has 2 unspecified atom stereocenters. The van der Waals surface area contributed by atoms with E-state index in [4.69, 9.17) is 0 Å². The third kappa shape index (κ3) is 5.20. The Kier molecular flexibility index (Phi) is 7.87. The summed E-state index contributed by atoms with van der Waals surface area (Å²) in [7, 11) is -2.99. The molecule has 1 aliphatic heterocycles. The average Bonchev–Trinajstić information content (AvgIpc) is 2.43. The van der Waals surface area contributed by atoms with E-state index in [0.29, 0.717) is 12.0 Å². The van der Waals surface area contributed by atoms with Gasteiger partial charge in [0.25, 0.3) is 0 Å². The quantitative estimate of drug-likeness (QED) is 0.739. The van der Waals surface area contributed by atoms with Crippen molar-refractivity contribution in [3.63, 3.8) is 0 Å². The Morgan fingerprint density at radius 1 is 1.30 bits per heavy atom. The third-order valence-electron chi connectivity index (χ3n) is 3.81. The minimum Gasteiger partial charge on any atom is -0.315 e. The second-order valence-electron chi connectivity index (χ2n) is 5.83. The van der Waals surface area contributed by atoms with Crippen LogP contribution in [0.25, 0.3) is 0 Å². The summed E-state index contributed by atoms with van der Waals surface area (Å²) in [5.74, 6) is 2.62. The molecule has 20 heavy (non-hydrogen) atoms. The predicted octanol–water partition coefficient (Wildman–Crippen LogP) is 1.82. The SMILES string of the molecule is CCC(CNCC(C)C)N1CCSCC1S(=O)(=O)CC. The summed E-state index contributed by atoms with van der Waals surface area (Å²) in [6.45, 7) is 11.0. The van der Waals surface area contributed by atoms with Crippen molar-refractivity contribution in [2.45, 2.75) is 45.5 Å². The molecule has 1 heterocycles. The molecule has 0 amide bonds. The van der Waals surface area contributed by atoms with Crippen molar-refractivity contribution in [1.29, 1.82) is 0 Å². The Labute approximate surface area is 129 Å². The van der Waals surface area contributed by atoms with Crippen LogP contribution in [-0.2, 0) is 9.84 Å². The van der Waals surface area contributed by atoms with E-state index >= 15 is 0 Å². The molecule has 0 radical (unpaired) electrons. The lowest BCUT2D eigenvalue weighted by atomic mass is 10.1. The van der Waals surface area contributed by atoms with E-state index in [1.165, 1.54) is 0 Å². The van der Waals surface area contributed by atoms with E-state index in [-0.39, 0.29) is 11.1 Å². The van der Waals surface area contributed by atoms with E-state index < -0.39 is 9.84 Å². The van der Waals surface area contributed by atoms with Gasteiger partial charge in [0.05, 0.1) is 0 Å². The second-order valence-corrected chi connectivity index (χ2v) is 9.43. The molecular formula is C14H30N2O2S2. The second kappa shape index (κ2) is 8.61. The highest BCUT2D eigenvalue weighted by atomic mass is 32.2. The van der Waals surface area contributed by atoms with Gasteiger partial charge >= 0.3 is 0 Å². The van der Waals surface area contributed by atoms with Gasteiger partial charge in [0, 0.05) is 36.4 Å². The number of nitrogens with zero attached hydrogens (tertiary/aromatic N) is 1. The molecule has 120 valence electrons. The number of rotatable bonds is 8. The molecule has 1 N–H and O–H groups in total. The molecule has 4 nitrogen and oxygen atoms in total. The zero-order valence-electron chi connectivity index (χ0n) is 13.3. The van der Waals surface area contributed by atoms with Crippen LogP contribution in [0.2, 0.25) is 0 Å². The van der Waals surface area contributed by atoms with Gasteiger partial charge in [-0.15, -0.1) is 0 Å². The molecule has 0 aromatic rings. The van der Waals surface area contributed by atoms with Crippen molar-refractivity contribution in [2.75, 3.05) is 36.9 Å². The van der Waals surface area contributed by atoms with Gasteiger partial charge in [-0.1, -0.05) is 27.7 Å². The summed E-state index contributed by atoms with van der Waals surface area (Å²) in [5.41, 5.74) is 0. The van der Waals surface area contributed by atoms with Crippen LogP contribution in [0, 0.1) is 5.92 Å². The normalized spacial score (nSPS) is 23.1. The summed E-state index contributed by atoms with van der Waals surface area (Å²) in [6, 6.07) is 0.320. The van der Waals surface area contributed by atoms with Gasteiger partial charge in [-0.25, -0.2) is 8.42 Å². The standard InChI is InChI=1S/C14H30N2O2S2/c1-5-13(10-15-9-12(3)4)16-7-8-19-11-14(16)20(17,18)6-2/h12-15H,5-11H2,1-4H3. The lowest BCUT2D eigenvalue weighted by Gasteiger charge is -2.40. The molecular weight excluding hydrogens is 292 g/mol. The Morgan fingerprint density at radius 2 is 2.00 bits per heavy atom. The molecule has 1 fully saturated rings. The van der Waals surface area contributed by atoms with E-state index in [1.54, 1.807) is 18.7 Å². The molecule has 0 bridgehead atoms. The van der Waals surface area contributed by atoms with E-state index in [1.807, 2.05) is 0 Å². The first-order chi connectivity index (χ1) is 9.42. The molecule has 0 spiro atoms. The van der Waals surface area contributed by atoms with Gasteiger partial charge in [-0.05, 0) is 18.9 Å². The summed E-state index contributed by atoms with van der Waals surface area (Å²) < 4.78 is 24.6. The smallest absolute Gasteiger partial charge is 0.166 e. The fourth-order valence-corrected chi connectivity index (χ4v) is 5.64. The molecule has 0 saturated carbocycles. The lowest BCUT2D eigenvalue weighted by molar-refractivity contribution is 0.181. The van der Waals surface area contributed by atoms with Crippen LogP contribution in [0.1, 0.15) is 34.1 Å². The van der Waals surface area contributed by atoms with Gasteiger partial charge in [0.2, 0.25) is 0 Å². The molecule has 0 aromatic carbocycles. The van der Waals surface area contributed by atoms with Crippen LogP contribution < -0.4 is 5.32 Å². The summed E-state index contributed by atoms with van der Waals surface area (Å²) in [5, 5.41) is 3.19. The highest BCUT2D eigenvalue weighted by molar-refractivity contribution is 8.01. The number of nitrogens with one attached hydrogen (secondary N) is 1. The lowest BCUT2D eigenvalue weighted by Crippen LogP contribution is -2.55. The largest absolute Gasteiger partial charge is 0.315 e. The first kappa shape index (κ1) is 18.3. The Balaban J connectivity index is 2.71. The van der Waals surface area contributed by atoms with Crippen LogP contribution in [0.3, 0.4) is 0 Å². The molecule has 2 atom stereocenters. The third-order valence-corrected chi connectivity index (χ3v) is 7.12. The monoisotopic (exact) mass is 322 g/mol. The number of hydrogen-bond acceptors (Lipinski definition) is 5. The van der Waals surface area contributed by atoms with Gasteiger partial charge in [0.1, 0.15) is 5.37 Å². The maximum absolute atomic E-state index is 12.3. The number of hydrogen-bond donors (Lipinski definition) is 1. The summed E-state index contributed by atoms with van der Waals surface area (Å²) >= 11 is 1.76. The van der Waals surface area contributed by atoms with Crippen LogP contribution >= 0.6 is 11.8 Å². The minimum atomic E-state index is -2.99. The fourth-order valence-electron chi connectivity index (χ4n) is 2.55. The van der Waals surface area contributed by atoms with Gasteiger partial charge in [-0.3, -0.25) is 4.90 Å². The first-order valence-corrected chi connectivity index (χ1v) is 10.5. The van der Waals surface area contributed by atoms with Crippen molar-refractivity contribution >= 4 is 21.6 Å². The van der Waals surface area contributed by atoms with Gasteiger partial charge in [-0.2, -0.15) is 11.8 Å².